The normalized spacial score (nSPS) is 35.9. The molecule has 3 heterocycles. The lowest BCUT2D eigenvalue weighted by Crippen LogP contribution is -2.51. The molecule has 0 amide bonds. The van der Waals surface area contributed by atoms with Crippen LogP contribution < -0.4 is 5.32 Å². The van der Waals surface area contributed by atoms with E-state index in [-0.39, 0.29) is 0 Å². The maximum atomic E-state index is 6.21. The number of rotatable bonds is 5. The first-order valence-electron chi connectivity index (χ1n) is 8.56. The predicted molar refractivity (Wildman–Crippen MR) is 82.1 cm³/mol. The highest BCUT2D eigenvalue weighted by Crippen LogP contribution is 2.24. The molecular weight excluding hydrogens is 250 g/mol. The van der Waals surface area contributed by atoms with Gasteiger partial charge in [0.05, 0.1) is 12.2 Å². The van der Waals surface area contributed by atoms with Gasteiger partial charge in [0.15, 0.2) is 0 Å². The van der Waals surface area contributed by atoms with Crippen LogP contribution in [0.25, 0.3) is 0 Å². The molecule has 116 valence electrons. The maximum Gasteiger partial charge on any atom is 0.0707 e. The highest BCUT2D eigenvalue weighted by atomic mass is 16.5. The first-order valence-corrected chi connectivity index (χ1v) is 8.56. The van der Waals surface area contributed by atoms with E-state index in [1.54, 1.807) is 0 Å². The van der Waals surface area contributed by atoms with Crippen molar-refractivity contribution in [3.63, 3.8) is 0 Å². The maximum absolute atomic E-state index is 6.21. The molecule has 3 rings (SSSR count). The number of nitrogens with one attached hydrogen (secondary N) is 1. The minimum atomic E-state index is 0.440. The van der Waals surface area contributed by atoms with E-state index >= 15 is 0 Å². The van der Waals surface area contributed by atoms with Gasteiger partial charge in [-0.1, -0.05) is 13.8 Å². The fraction of sp³-hybridized carbons (Fsp3) is 1.00. The van der Waals surface area contributed by atoms with E-state index in [1.165, 1.54) is 51.9 Å². The molecule has 3 fully saturated rings. The van der Waals surface area contributed by atoms with Gasteiger partial charge in [0.25, 0.3) is 0 Å². The molecule has 0 radical (unpaired) electrons. The van der Waals surface area contributed by atoms with Crippen LogP contribution in [0.15, 0.2) is 0 Å². The summed E-state index contributed by atoms with van der Waals surface area (Å²) in [5.41, 5.74) is 0. The molecule has 3 unspecified atom stereocenters. The highest BCUT2D eigenvalue weighted by Gasteiger charge is 2.33. The van der Waals surface area contributed by atoms with E-state index in [9.17, 15) is 0 Å². The van der Waals surface area contributed by atoms with E-state index in [0.717, 1.165) is 19.1 Å². The van der Waals surface area contributed by atoms with E-state index in [2.05, 4.69) is 29.0 Å². The summed E-state index contributed by atoms with van der Waals surface area (Å²) in [5, 5.41) is 3.50. The van der Waals surface area contributed by atoms with Crippen molar-refractivity contribution in [3.8, 4) is 0 Å². The van der Waals surface area contributed by atoms with Crippen molar-refractivity contribution in [2.24, 2.45) is 0 Å². The molecule has 3 aliphatic heterocycles. The van der Waals surface area contributed by atoms with Gasteiger partial charge in [-0.15, -0.1) is 0 Å². The van der Waals surface area contributed by atoms with Gasteiger partial charge in [0, 0.05) is 44.8 Å². The van der Waals surface area contributed by atoms with Crippen LogP contribution >= 0.6 is 0 Å². The third kappa shape index (κ3) is 3.73. The van der Waals surface area contributed by atoms with Gasteiger partial charge < -0.3 is 10.1 Å². The Bertz CT molecular complexity index is 310. The lowest BCUT2D eigenvalue weighted by atomic mass is 10.1. The number of piperazine rings is 1. The molecule has 3 atom stereocenters. The van der Waals surface area contributed by atoms with Crippen LogP contribution in [-0.2, 0) is 4.74 Å². The lowest BCUT2D eigenvalue weighted by molar-refractivity contribution is 0.00655. The number of fused-ring (bicyclic) bond motifs is 1. The Labute approximate surface area is 123 Å². The van der Waals surface area contributed by atoms with Gasteiger partial charge in [-0.25, -0.2) is 0 Å². The Morgan fingerprint density at radius 1 is 1.10 bits per heavy atom. The summed E-state index contributed by atoms with van der Waals surface area (Å²) in [6, 6.07) is 1.40. The molecule has 3 saturated heterocycles. The zero-order chi connectivity index (χ0) is 13.9. The van der Waals surface area contributed by atoms with Crippen molar-refractivity contribution >= 4 is 0 Å². The van der Waals surface area contributed by atoms with Crippen molar-refractivity contribution in [1.29, 1.82) is 0 Å². The van der Waals surface area contributed by atoms with Crippen molar-refractivity contribution in [2.75, 3.05) is 39.3 Å². The fourth-order valence-electron chi connectivity index (χ4n) is 3.94. The molecule has 4 nitrogen and oxygen atoms in total. The average Bonchev–Trinajstić information content (AvgIpc) is 3.04. The topological polar surface area (TPSA) is 27.7 Å². The molecule has 0 aromatic heterocycles. The second kappa shape index (κ2) is 6.73. The smallest absolute Gasteiger partial charge is 0.0707 e. The molecule has 20 heavy (non-hydrogen) atoms. The molecule has 0 bridgehead atoms. The van der Waals surface area contributed by atoms with Crippen molar-refractivity contribution < 1.29 is 4.74 Å². The second-order valence-corrected chi connectivity index (χ2v) is 7.11. The zero-order valence-electron chi connectivity index (χ0n) is 13.2. The third-order valence-corrected chi connectivity index (χ3v) is 5.08. The minimum Gasteiger partial charge on any atom is -0.372 e. The fourth-order valence-corrected chi connectivity index (χ4v) is 3.94. The van der Waals surface area contributed by atoms with Gasteiger partial charge in [0.2, 0.25) is 0 Å². The van der Waals surface area contributed by atoms with Gasteiger partial charge in [-0.2, -0.15) is 0 Å². The molecule has 0 spiro atoms. The molecule has 1 N–H and O–H groups in total. The van der Waals surface area contributed by atoms with Crippen LogP contribution in [0.3, 0.4) is 0 Å². The molecule has 0 aromatic rings. The quantitative estimate of drug-likeness (QED) is 0.822. The Balaban J connectivity index is 1.38. The Morgan fingerprint density at radius 2 is 1.95 bits per heavy atom. The number of hydrogen-bond donors (Lipinski definition) is 1. The van der Waals surface area contributed by atoms with Gasteiger partial charge in [-0.05, 0) is 32.2 Å². The van der Waals surface area contributed by atoms with Crippen LogP contribution in [0.2, 0.25) is 0 Å². The summed E-state index contributed by atoms with van der Waals surface area (Å²) in [7, 11) is 0. The summed E-state index contributed by atoms with van der Waals surface area (Å²) in [4.78, 5) is 5.33. The molecule has 0 aromatic carbocycles. The lowest BCUT2D eigenvalue weighted by Gasteiger charge is -2.38. The Kier molecular flexibility index (Phi) is 4.97. The second-order valence-electron chi connectivity index (χ2n) is 7.11. The third-order valence-electron chi connectivity index (χ3n) is 5.08. The van der Waals surface area contributed by atoms with Gasteiger partial charge in [-0.3, -0.25) is 9.80 Å². The molecule has 4 heteroatoms. The number of ether oxygens (including phenoxy) is 1. The summed E-state index contributed by atoms with van der Waals surface area (Å²) in [5.74, 6) is 0. The SMILES string of the molecule is CC(C)NCC1CCC(CN2CCN3CCCC3C2)O1. The van der Waals surface area contributed by atoms with Gasteiger partial charge >= 0.3 is 0 Å². The number of nitrogens with zero attached hydrogens (tertiary/aromatic N) is 2. The zero-order valence-corrected chi connectivity index (χ0v) is 13.2. The van der Waals surface area contributed by atoms with E-state index in [1.807, 2.05) is 0 Å². The molecule has 3 aliphatic rings. The summed E-state index contributed by atoms with van der Waals surface area (Å²) < 4.78 is 6.21. The first kappa shape index (κ1) is 14.8. The summed E-state index contributed by atoms with van der Waals surface area (Å²) in [6.07, 6.45) is 6.20. The monoisotopic (exact) mass is 281 g/mol. The van der Waals surface area contributed by atoms with E-state index in [4.69, 9.17) is 4.74 Å². The molecule has 0 saturated carbocycles. The Morgan fingerprint density at radius 3 is 2.80 bits per heavy atom. The largest absolute Gasteiger partial charge is 0.372 e. The first-order chi connectivity index (χ1) is 9.70. The summed E-state index contributed by atoms with van der Waals surface area (Å²) in [6.45, 7) is 11.7. The van der Waals surface area contributed by atoms with Crippen LogP contribution in [0.1, 0.15) is 39.5 Å². The molecular formula is C16H31N3O. The van der Waals surface area contributed by atoms with Crippen molar-refractivity contribution in [2.45, 2.75) is 63.8 Å². The van der Waals surface area contributed by atoms with Crippen LogP contribution in [0, 0.1) is 0 Å². The van der Waals surface area contributed by atoms with E-state index < -0.39 is 0 Å². The standard InChI is InChI=1S/C16H31N3O/c1-13(2)17-10-15-5-6-16(20-15)12-18-8-9-19-7-3-4-14(19)11-18/h13-17H,3-12H2,1-2H3. The number of hydrogen-bond acceptors (Lipinski definition) is 4. The average molecular weight is 281 g/mol. The van der Waals surface area contributed by atoms with Gasteiger partial charge in [0.1, 0.15) is 0 Å². The summed E-state index contributed by atoms with van der Waals surface area (Å²) >= 11 is 0. The van der Waals surface area contributed by atoms with Crippen molar-refractivity contribution in [3.05, 3.63) is 0 Å². The minimum absolute atomic E-state index is 0.440. The van der Waals surface area contributed by atoms with Crippen LogP contribution in [0.4, 0.5) is 0 Å². The van der Waals surface area contributed by atoms with E-state index in [0.29, 0.717) is 18.2 Å². The highest BCUT2D eigenvalue weighted by molar-refractivity contribution is 4.88. The van der Waals surface area contributed by atoms with Crippen LogP contribution in [-0.4, -0.2) is 73.4 Å². The molecule has 0 aliphatic carbocycles. The van der Waals surface area contributed by atoms with Crippen molar-refractivity contribution in [1.82, 2.24) is 15.1 Å². The van der Waals surface area contributed by atoms with Crippen LogP contribution in [0.5, 0.6) is 0 Å². The Hall–Kier alpha value is -0.160. The predicted octanol–water partition coefficient (Wildman–Crippen LogP) is 1.31.